The molecule has 6 heteroatoms. The Balaban J connectivity index is 2.67. The van der Waals surface area contributed by atoms with Gasteiger partial charge in [0.2, 0.25) is 11.5 Å². The summed E-state index contributed by atoms with van der Waals surface area (Å²) in [7, 11) is 0. The third-order valence-electron chi connectivity index (χ3n) is 1.53. The number of hydrogen-bond acceptors (Lipinski definition) is 5. The number of fused-ring (bicyclic) bond motifs is 1. The Morgan fingerprint density at radius 1 is 1.54 bits per heavy atom. The van der Waals surface area contributed by atoms with Gasteiger partial charge in [-0.1, -0.05) is 11.3 Å². The molecule has 2 aromatic rings. The van der Waals surface area contributed by atoms with Crippen molar-refractivity contribution in [2.45, 2.75) is 0 Å². The number of nitrogens with two attached hydrogens (primary N) is 1. The third kappa shape index (κ3) is 1.58. The van der Waals surface area contributed by atoms with Crippen molar-refractivity contribution in [3.05, 3.63) is 18.2 Å². The van der Waals surface area contributed by atoms with Gasteiger partial charge in [-0.3, -0.25) is 0 Å². The molecule has 0 saturated heterocycles. The first-order valence-electron chi connectivity index (χ1n) is 3.46. The highest BCUT2D eigenvalue weighted by atomic mass is 32.1. The number of nitrogen functional groups attached to an aromatic ring is 1. The molecule has 4 nitrogen and oxygen atoms in total. The monoisotopic (exact) mass is 211 g/mol. The van der Waals surface area contributed by atoms with E-state index in [0.29, 0.717) is 10.8 Å². The lowest BCUT2D eigenvalue weighted by molar-refractivity contribution is 0.698. The van der Waals surface area contributed by atoms with E-state index >= 15 is 0 Å². The molecule has 2 N–H and O–H groups in total. The molecule has 0 amide bonds. The number of thiazole rings is 1. The second-order valence-electron chi connectivity index (χ2n) is 2.37. The maximum absolute atomic E-state index is 10.2. The van der Waals surface area contributed by atoms with Gasteiger partial charge in [0, 0.05) is 0 Å². The minimum absolute atomic E-state index is 0.198. The van der Waals surface area contributed by atoms with Crippen LogP contribution < -0.4 is 5.73 Å². The fourth-order valence-corrected chi connectivity index (χ4v) is 2.00. The van der Waals surface area contributed by atoms with Crippen LogP contribution in [0.3, 0.4) is 0 Å². The smallest absolute Gasteiger partial charge is 0.205 e. The standard InChI is InChI=1S/C7H5N3OS2/c8-7-9-5-2-1-4(10-13-11)3-6(5)12-7/h1-3H,(H2,8,9). The molecule has 0 aliphatic rings. The summed E-state index contributed by atoms with van der Waals surface area (Å²) in [6.45, 7) is 0. The first kappa shape index (κ1) is 8.33. The van der Waals surface area contributed by atoms with Crippen molar-refractivity contribution in [2.75, 3.05) is 5.73 Å². The maximum atomic E-state index is 10.2. The highest BCUT2D eigenvalue weighted by Crippen LogP contribution is 2.27. The summed E-state index contributed by atoms with van der Waals surface area (Å²) in [5, 5.41) is 0.530. The van der Waals surface area contributed by atoms with Crippen molar-refractivity contribution in [1.82, 2.24) is 4.98 Å². The lowest BCUT2D eigenvalue weighted by Crippen LogP contribution is -1.78. The molecule has 0 aliphatic carbocycles. The predicted octanol–water partition coefficient (Wildman–Crippen LogP) is 1.91. The normalized spacial score (nSPS) is 10.2. The van der Waals surface area contributed by atoms with Gasteiger partial charge in [0.1, 0.15) is 0 Å². The summed E-state index contributed by atoms with van der Waals surface area (Å²) in [6, 6.07) is 5.35. The average molecular weight is 211 g/mol. The second-order valence-corrected chi connectivity index (χ2v) is 3.76. The summed E-state index contributed by atoms with van der Waals surface area (Å²) >= 11 is 1.59. The number of hydrogen-bond donors (Lipinski definition) is 1. The van der Waals surface area contributed by atoms with E-state index in [0.717, 1.165) is 10.2 Å². The molecule has 0 atom stereocenters. The van der Waals surface area contributed by atoms with Gasteiger partial charge in [-0.25, -0.2) is 4.98 Å². The van der Waals surface area contributed by atoms with E-state index in [1.54, 1.807) is 18.2 Å². The van der Waals surface area contributed by atoms with Crippen LogP contribution in [-0.2, 0) is 11.5 Å². The van der Waals surface area contributed by atoms with Gasteiger partial charge in [0.15, 0.2) is 5.13 Å². The van der Waals surface area contributed by atoms with Gasteiger partial charge in [-0.15, -0.1) is 0 Å². The van der Waals surface area contributed by atoms with Crippen LogP contribution in [0.2, 0.25) is 0 Å². The zero-order valence-corrected chi connectivity index (χ0v) is 8.06. The molecule has 66 valence electrons. The third-order valence-corrected chi connectivity index (χ3v) is 2.66. The van der Waals surface area contributed by atoms with Crippen molar-refractivity contribution in [3.63, 3.8) is 0 Å². The van der Waals surface area contributed by atoms with E-state index in [2.05, 4.69) is 9.35 Å². The first-order valence-corrected chi connectivity index (χ1v) is 4.97. The molecule has 1 aromatic carbocycles. The molecule has 0 saturated carbocycles. The van der Waals surface area contributed by atoms with Crippen LogP contribution in [0, 0.1) is 0 Å². The Morgan fingerprint density at radius 2 is 2.38 bits per heavy atom. The van der Waals surface area contributed by atoms with Crippen LogP contribution in [0.1, 0.15) is 0 Å². The van der Waals surface area contributed by atoms with E-state index in [9.17, 15) is 4.21 Å². The van der Waals surface area contributed by atoms with E-state index in [1.807, 2.05) is 0 Å². The molecule has 2 rings (SSSR count). The van der Waals surface area contributed by atoms with Gasteiger partial charge < -0.3 is 5.73 Å². The Bertz CT molecular complexity index is 501. The highest BCUT2D eigenvalue weighted by Gasteiger charge is 2.00. The van der Waals surface area contributed by atoms with Crippen molar-refractivity contribution >= 4 is 43.8 Å². The first-order chi connectivity index (χ1) is 6.29. The summed E-state index contributed by atoms with van der Waals surface area (Å²) in [5.41, 5.74) is 7.02. The van der Waals surface area contributed by atoms with Crippen molar-refractivity contribution < 1.29 is 4.21 Å². The molecule has 1 aromatic heterocycles. The summed E-state index contributed by atoms with van der Waals surface area (Å²) in [4.78, 5) is 4.08. The van der Waals surface area contributed by atoms with Gasteiger partial charge in [0.25, 0.3) is 0 Å². The van der Waals surface area contributed by atoms with Crippen molar-refractivity contribution in [3.8, 4) is 0 Å². The largest absolute Gasteiger partial charge is 0.375 e. The fraction of sp³-hybridized carbons (Fsp3) is 0. The van der Waals surface area contributed by atoms with Gasteiger partial charge in [-0.2, -0.15) is 8.57 Å². The Hall–Kier alpha value is -1.27. The second kappa shape index (κ2) is 3.23. The van der Waals surface area contributed by atoms with E-state index in [4.69, 9.17) is 5.73 Å². The van der Waals surface area contributed by atoms with Crippen LogP contribution >= 0.6 is 11.3 Å². The molecular formula is C7H5N3OS2. The molecule has 0 unspecified atom stereocenters. The van der Waals surface area contributed by atoms with E-state index in [-0.39, 0.29) is 11.5 Å². The van der Waals surface area contributed by atoms with E-state index < -0.39 is 0 Å². The lowest BCUT2D eigenvalue weighted by atomic mass is 10.3. The number of anilines is 1. The lowest BCUT2D eigenvalue weighted by Gasteiger charge is -1.88. The number of aromatic nitrogens is 1. The Labute approximate surface area is 81.7 Å². The van der Waals surface area contributed by atoms with Crippen LogP contribution in [0.25, 0.3) is 10.2 Å². The van der Waals surface area contributed by atoms with Crippen LogP contribution in [0.5, 0.6) is 0 Å². The van der Waals surface area contributed by atoms with Crippen molar-refractivity contribution in [2.24, 2.45) is 4.36 Å². The predicted molar refractivity (Wildman–Crippen MR) is 54.3 cm³/mol. The molecule has 1 heterocycles. The van der Waals surface area contributed by atoms with Gasteiger partial charge in [0.05, 0.1) is 15.9 Å². The number of benzene rings is 1. The number of nitrogens with zero attached hydrogens (tertiary/aromatic N) is 2. The van der Waals surface area contributed by atoms with Crippen LogP contribution in [-0.4, -0.2) is 9.19 Å². The molecule has 0 bridgehead atoms. The summed E-state index contributed by atoms with van der Waals surface area (Å²) in [5.74, 6) is 0. The Morgan fingerprint density at radius 3 is 3.15 bits per heavy atom. The van der Waals surface area contributed by atoms with Gasteiger partial charge >= 0.3 is 0 Å². The minimum Gasteiger partial charge on any atom is -0.375 e. The molecular weight excluding hydrogens is 206 g/mol. The molecule has 0 spiro atoms. The fourth-order valence-electron chi connectivity index (χ4n) is 1.03. The zero-order chi connectivity index (χ0) is 9.26. The topological polar surface area (TPSA) is 68.3 Å². The quantitative estimate of drug-likeness (QED) is 0.783. The van der Waals surface area contributed by atoms with E-state index in [1.165, 1.54) is 11.3 Å². The summed E-state index contributed by atoms with van der Waals surface area (Å²) in [6.07, 6.45) is 0. The average Bonchev–Trinajstić information content (AvgIpc) is 2.44. The minimum atomic E-state index is 0.198. The highest BCUT2D eigenvalue weighted by molar-refractivity contribution is 7.54. The van der Waals surface area contributed by atoms with Gasteiger partial charge in [-0.05, 0) is 18.2 Å². The Kier molecular flexibility index (Phi) is 2.07. The molecule has 13 heavy (non-hydrogen) atoms. The SMILES string of the molecule is Nc1nc2ccc(N=S=O)cc2s1. The molecule has 0 fully saturated rings. The van der Waals surface area contributed by atoms with Crippen molar-refractivity contribution in [1.29, 1.82) is 0 Å². The molecule has 0 radical (unpaired) electrons. The maximum Gasteiger partial charge on any atom is 0.205 e. The summed E-state index contributed by atoms with van der Waals surface area (Å²) < 4.78 is 14.8. The zero-order valence-electron chi connectivity index (χ0n) is 6.43. The number of rotatable bonds is 1. The van der Waals surface area contributed by atoms with Crippen LogP contribution in [0.15, 0.2) is 22.6 Å². The van der Waals surface area contributed by atoms with Crippen LogP contribution in [0.4, 0.5) is 10.8 Å². The molecule has 0 aliphatic heterocycles.